The smallest absolute Gasteiger partial charge is 0.152 e. The first-order chi connectivity index (χ1) is 8.90. The highest BCUT2D eigenvalue weighted by atomic mass is 16.1. The molecule has 0 fully saturated rings. The number of carbonyl (C=O) groups excluding carboxylic acids is 1. The summed E-state index contributed by atoms with van der Waals surface area (Å²) in [5, 5.41) is 0. The van der Waals surface area contributed by atoms with Crippen molar-refractivity contribution in [3.8, 4) is 0 Å². The topological polar surface area (TPSA) is 20.3 Å². The van der Waals surface area contributed by atoms with Crippen molar-refractivity contribution >= 4 is 23.7 Å². The number of carbonyl (C=O) groups is 1. The first-order valence-electron chi connectivity index (χ1n) is 5.97. The van der Waals surface area contributed by atoms with Crippen LogP contribution in [-0.2, 0) is 0 Å². The lowest BCUT2D eigenvalue weighted by molar-refractivity contribution is 0.112. The van der Waals surface area contributed by atoms with Gasteiger partial charge in [0.05, 0.1) is 5.69 Å². The fraction of sp³-hybridized carbons (Fsp3) is 0.0625. The van der Waals surface area contributed by atoms with Crippen molar-refractivity contribution in [3.63, 3.8) is 0 Å². The van der Waals surface area contributed by atoms with E-state index < -0.39 is 0 Å². The molecule has 0 aromatic heterocycles. The number of anilines is 2. The van der Waals surface area contributed by atoms with Crippen molar-refractivity contribution in [2.24, 2.45) is 0 Å². The maximum atomic E-state index is 11.2. The second kappa shape index (κ2) is 4.49. The lowest BCUT2D eigenvalue weighted by Gasteiger charge is -2.29. The molecule has 0 atom stereocenters. The van der Waals surface area contributed by atoms with Gasteiger partial charge in [-0.05, 0) is 23.8 Å². The maximum Gasteiger partial charge on any atom is 0.152 e. The minimum atomic E-state index is 0.737. The molecule has 1 aliphatic rings. The van der Waals surface area contributed by atoms with Crippen LogP contribution in [-0.4, -0.2) is 12.8 Å². The van der Waals surface area contributed by atoms with E-state index in [1.807, 2.05) is 36.4 Å². The molecule has 0 radical (unpaired) electrons. The van der Waals surface area contributed by atoms with Crippen LogP contribution in [0.1, 0.15) is 15.9 Å². The molecule has 0 N–H and O–H groups in total. The van der Waals surface area contributed by atoms with E-state index in [1.165, 1.54) is 0 Å². The van der Waals surface area contributed by atoms with Gasteiger partial charge in [0, 0.05) is 17.8 Å². The van der Waals surface area contributed by atoms with E-state index in [0.29, 0.717) is 0 Å². The van der Waals surface area contributed by atoms with Crippen molar-refractivity contribution in [2.45, 2.75) is 0 Å². The molecular formula is C16H13NO. The monoisotopic (exact) mass is 235 g/mol. The SMILES string of the molecule is O=Cc1cccc2c1N(c1ccccc1)CC=C2. The summed E-state index contributed by atoms with van der Waals surface area (Å²) in [6.45, 7) is 0.794. The van der Waals surface area contributed by atoms with E-state index in [9.17, 15) is 4.79 Å². The van der Waals surface area contributed by atoms with E-state index >= 15 is 0 Å². The highest BCUT2D eigenvalue weighted by Crippen LogP contribution is 2.34. The van der Waals surface area contributed by atoms with Crippen LogP contribution in [0.4, 0.5) is 11.4 Å². The summed E-state index contributed by atoms with van der Waals surface area (Å²) in [5.41, 5.74) is 3.94. The van der Waals surface area contributed by atoms with Crippen molar-refractivity contribution in [1.82, 2.24) is 0 Å². The predicted molar refractivity (Wildman–Crippen MR) is 74.3 cm³/mol. The molecule has 2 aromatic carbocycles. The number of fused-ring (bicyclic) bond motifs is 1. The van der Waals surface area contributed by atoms with Crippen LogP contribution < -0.4 is 4.90 Å². The van der Waals surface area contributed by atoms with E-state index in [2.05, 4.69) is 29.2 Å². The van der Waals surface area contributed by atoms with Crippen LogP contribution in [0.25, 0.3) is 6.08 Å². The first kappa shape index (κ1) is 10.8. The van der Waals surface area contributed by atoms with Gasteiger partial charge in [-0.25, -0.2) is 0 Å². The third-order valence-electron chi connectivity index (χ3n) is 3.15. The molecular weight excluding hydrogens is 222 g/mol. The van der Waals surface area contributed by atoms with E-state index in [0.717, 1.165) is 35.3 Å². The van der Waals surface area contributed by atoms with E-state index in [4.69, 9.17) is 0 Å². The number of hydrogen-bond donors (Lipinski definition) is 0. The molecule has 3 rings (SSSR count). The fourth-order valence-electron chi connectivity index (χ4n) is 2.34. The van der Waals surface area contributed by atoms with Crippen molar-refractivity contribution in [1.29, 1.82) is 0 Å². The Morgan fingerprint density at radius 2 is 1.83 bits per heavy atom. The Kier molecular flexibility index (Phi) is 2.69. The quantitative estimate of drug-likeness (QED) is 0.740. The predicted octanol–water partition coefficient (Wildman–Crippen LogP) is 3.66. The third-order valence-corrected chi connectivity index (χ3v) is 3.15. The van der Waals surface area contributed by atoms with Crippen molar-refractivity contribution in [2.75, 3.05) is 11.4 Å². The maximum absolute atomic E-state index is 11.2. The van der Waals surface area contributed by atoms with Gasteiger partial charge in [-0.1, -0.05) is 42.5 Å². The van der Waals surface area contributed by atoms with Gasteiger partial charge in [0.2, 0.25) is 0 Å². The number of hydrogen-bond acceptors (Lipinski definition) is 2. The first-order valence-corrected chi connectivity index (χ1v) is 5.97. The van der Waals surface area contributed by atoms with Gasteiger partial charge in [0.25, 0.3) is 0 Å². The summed E-state index contributed by atoms with van der Waals surface area (Å²) in [7, 11) is 0. The molecule has 1 heterocycles. The molecule has 0 amide bonds. The lowest BCUT2D eigenvalue weighted by Crippen LogP contribution is -2.21. The number of nitrogens with zero attached hydrogens (tertiary/aromatic N) is 1. The van der Waals surface area contributed by atoms with Gasteiger partial charge in [-0.3, -0.25) is 4.79 Å². The Labute approximate surface area is 106 Å². The van der Waals surface area contributed by atoms with Gasteiger partial charge in [0.15, 0.2) is 6.29 Å². The number of rotatable bonds is 2. The normalized spacial score (nSPS) is 13.2. The number of benzene rings is 2. The van der Waals surface area contributed by atoms with Gasteiger partial charge < -0.3 is 4.90 Å². The summed E-state index contributed by atoms with van der Waals surface area (Å²) in [5.74, 6) is 0. The Balaban J connectivity index is 2.17. The number of para-hydroxylation sites is 2. The second-order valence-electron chi connectivity index (χ2n) is 4.25. The molecule has 1 aliphatic heterocycles. The largest absolute Gasteiger partial charge is 0.337 e. The van der Waals surface area contributed by atoms with Crippen LogP contribution in [0.15, 0.2) is 54.6 Å². The molecule has 88 valence electrons. The van der Waals surface area contributed by atoms with Gasteiger partial charge in [0.1, 0.15) is 0 Å². The Morgan fingerprint density at radius 1 is 1.00 bits per heavy atom. The molecule has 2 nitrogen and oxygen atoms in total. The molecule has 2 aromatic rings. The van der Waals surface area contributed by atoms with Crippen molar-refractivity contribution in [3.05, 3.63) is 65.7 Å². The zero-order valence-corrected chi connectivity index (χ0v) is 9.91. The summed E-state index contributed by atoms with van der Waals surface area (Å²) >= 11 is 0. The highest BCUT2D eigenvalue weighted by molar-refractivity contribution is 5.92. The van der Waals surface area contributed by atoms with E-state index in [1.54, 1.807) is 0 Å². The standard InChI is InChI=1S/C16H13NO/c18-12-14-7-4-6-13-8-5-11-17(16(13)14)15-9-2-1-3-10-15/h1-10,12H,11H2. The highest BCUT2D eigenvalue weighted by Gasteiger charge is 2.17. The van der Waals surface area contributed by atoms with Crippen LogP contribution in [0.3, 0.4) is 0 Å². The van der Waals surface area contributed by atoms with E-state index in [-0.39, 0.29) is 0 Å². The van der Waals surface area contributed by atoms with Crippen LogP contribution in [0, 0.1) is 0 Å². The number of aldehydes is 1. The summed E-state index contributed by atoms with van der Waals surface area (Å²) in [6, 6.07) is 16.0. The lowest BCUT2D eigenvalue weighted by atomic mass is 10.0. The van der Waals surface area contributed by atoms with Gasteiger partial charge in [-0.2, -0.15) is 0 Å². The zero-order valence-electron chi connectivity index (χ0n) is 9.91. The fourth-order valence-corrected chi connectivity index (χ4v) is 2.34. The molecule has 0 saturated heterocycles. The summed E-state index contributed by atoms with van der Waals surface area (Å²) in [6.07, 6.45) is 5.11. The minimum absolute atomic E-state index is 0.737. The molecule has 0 unspecified atom stereocenters. The van der Waals surface area contributed by atoms with Gasteiger partial charge >= 0.3 is 0 Å². The molecule has 0 bridgehead atoms. The molecule has 0 spiro atoms. The molecule has 0 saturated carbocycles. The Bertz CT molecular complexity index is 602. The summed E-state index contributed by atoms with van der Waals surface area (Å²) in [4.78, 5) is 13.4. The molecule has 2 heteroatoms. The van der Waals surface area contributed by atoms with Crippen LogP contribution in [0.5, 0.6) is 0 Å². The molecule has 0 aliphatic carbocycles. The minimum Gasteiger partial charge on any atom is -0.337 e. The summed E-state index contributed by atoms with van der Waals surface area (Å²) < 4.78 is 0. The zero-order chi connectivity index (χ0) is 12.4. The van der Waals surface area contributed by atoms with Crippen LogP contribution in [0.2, 0.25) is 0 Å². The Hall–Kier alpha value is -2.35. The van der Waals surface area contributed by atoms with Crippen molar-refractivity contribution < 1.29 is 4.79 Å². The molecule has 18 heavy (non-hydrogen) atoms. The average molecular weight is 235 g/mol. The Morgan fingerprint density at radius 3 is 2.61 bits per heavy atom. The second-order valence-corrected chi connectivity index (χ2v) is 4.25. The van der Waals surface area contributed by atoms with Gasteiger partial charge in [-0.15, -0.1) is 0 Å². The van der Waals surface area contributed by atoms with Crippen LogP contribution >= 0.6 is 0 Å². The third kappa shape index (κ3) is 1.72. The average Bonchev–Trinajstić information content (AvgIpc) is 2.47.